The van der Waals surface area contributed by atoms with Gasteiger partial charge in [-0.1, -0.05) is 23.7 Å². The molecule has 1 unspecified atom stereocenters. The minimum atomic E-state index is -0.421. The van der Waals surface area contributed by atoms with Crippen LogP contribution < -0.4 is 11.1 Å². The summed E-state index contributed by atoms with van der Waals surface area (Å²) < 4.78 is 0. The summed E-state index contributed by atoms with van der Waals surface area (Å²) in [6, 6.07) is 7.62. The van der Waals surface area contributed by atoms with Crippen molar-refractivity contribution in [1.29, 1.82) is 0 Å². The summed E-state index contributed by atoms with van der Waals surface area (Å²) >= 11 is 5.90. The molecule has 1 aliphatic heterocycles. The maximum absolute atomic E-state index is 11.5. The second-order valence-corrected chi connectivity index (χ2v) is 6.32. The summed E-state index contributed by atoms with van der Waals surface area (Å²) in [7, 11) is 0. The quantitative estimate of drug-likeness (QED) is 0.875. The smallest absolute Gasteiger partial charge is 0.236 e. The minimum Gasteiger partial charge on any atom is -0.354 e. The van der Waals surface area contributed by atoms with Gasteiger partial charge in [0.05, 0.1) is 6.04 Å². The fourth-order valence-electron chi connectivity index (χ4n) is 2.60. The van der Waals surface area contributed by atoms with Gasteiger partial charge < -0.3 is 11.1 Å². The number of amides is 1. The van der Waals surface area contributed by atoms with E-state index in [2.05, 4.69) is 22.3 Å². The van der Waals surface area contributed by atoms with E-state index < -0.39 is 6.04 Å². The molecule has 0 aliphatic carbocycles. The lowest BCUT2D eigenvalue weighted by Gasteiger charge is -2.32. The molecule has 1 fully saturated rings. The molecule has 1 amide bonds. The Balaban J connectivity index is 1.70. The molecule has 116 valence electrons. The number of rotatable bonds is 5. The number of carbonyl (C=O) groups excluding carboxylic acids is 1. The van der Waals surface area contributed by atoms with Gasteiger partial charge in [-0.3, -0.25) is 9.69 Å². The molecular weight excluding hydrogens is 286 g/mol. The van der Waals surface area contributed by atoms with Crippen molar-refractivity contribution in [2.45, 2.75) is 32.4 Å². The van der Waals surface area contributed by atoms with Crippen molar-refractivity contribution >= 4 is 17.5 Å². The molecule has 0 radical (unpaired) electrons. The highest BCUT2D eigenvalue weighted by atomic mass is 35.5. The molecule has 0 spiro atoms. The van der Waals surface area contributed by atoms with Gasteiger partial charge in [0.25, 0.3) is 0 Å². The first-order valence-corrected chi connectivity index (χ1v) is 7.92. The van der Waals surface area contributed by atoms with E-state index in [0.717, 1.165) is 44.0 Å². The maximum Gasteiger partial charge on any atom is 0.236 e. The molecule has 4 nitrogen and oxygen atoms in total. The number of hydrogen-bond acceptors (Lipinski definition) is 3. The topological polar surface area (TPSA) is 58.4 Å². The first-order chi connectivity index (χ1) is 10.0. The predicted octanol–water partition coefficient (Wildman–Crippen LogP) is 2.02. The molecule has 1 aromatic carbocycles. The number of piperidine rings is 1. The third-order valence-corrected chi connectivity index (χ3v) is 4.26. The molecule has 5 heteroatoms. The van der Waals surface area contributed by atoms with Crippen LogP contribution >= 0.6 is 11.6 Å². The predicted molar refractivity (Wildman–Crippen MR) is 86.1 cm³/mol. The number of carbonyl (C=O) groups is 1. The Hall–Kier alpha value is -1.10. The van der Waals surface area contributed by atoms with Crippen LogP contribution in [0.5, 0.6) is 0 Å². The number of halogens is 1. The van der Waals surface area contributed by atoms with Gasteiger partial charge in [0.2, 0.25) is 5.91 Å². The zero-order valence-corrected chi connectivity index (χ0v) is 13.3. The lowest BCUT2D eigenvalue weighted by molar-refractivity contribution is -0.122. The highest BCUT2D eigenvalue weighted by Crippen LogP contribution is 2.19. The Kier molecular flexibility index (Phi) is 6.03. The van der Waals surface area contributed by atoms with Gasteiger partial charge in [0.1, 0.15) is 0 Å². The number of likely N-dealkylation sites (tertiary alicyclic amines) is 1. The molecule has 0 saturated carbocycles. The Labute approximate surface area is 131 Å². The van der Waals surface area contributed by atoms with Gasteiger partial charge in [0, 0.05) is 18.1 Å². The van der Waals surface area contributed by atoms with E-state index >= 15 is 0 Å². The fraction of sp³-hybridized carbons (Fsp3) is 0.562. The molecule has 0 bridgehead atoms. The number of benzene rings is 1. The zero-order chi connectivity index (χ0) is 15.2. The minimum absolute atomic E-state index is 0.0569. The average Bonchev–Trinajstić information content (AvgIpc) is 2.48. The second-order valence-electron chi connectivity index (χ2n) is 5.88. The molecule has 1 aromatic rings. The Bertz CT molecular complexity index is 453. The molecule has 1 heterocycles. The molecule has 1 atom stereocenters. The van der Waals surface area contributed by atoms with E-state index in [4.69, 9.17) is 17.3 Å². The number of nitrogens with one attached hydrogen (secondary N) is 1. The molecule has 2 rings (SSSR count). The third kappa shape index (κ3) is 5.30. The van der Waals surface area contributed by atoms with Crippen molar-refractivity contribution in [1.82, 2.24) is 10.2 Å². The molecule has 0 aromatic heterocycles. The van der Waals surface area contributed by atoms with Gasteiger partial charge in [-0.25, -0.2) is 0 Å². The molecule has 3 N–H and O–H groups in total. The third-order valence-electron chi connectivity index (χ3n) is 4.01. The van der Waals surface area contributed by atoms with E-state index in [0.29, 0.717) is 5.92 Å². The van der Waals surface area contributed by atoms with Crippen molar-refractivity contribution < 1.29 is 4.79 Å². The highest BCUT2D eigenvalue weighted by Gasteiger charge is 2.20. The van der Waals surface area contributed by atoms with Crippen LogP contribution in [0.3, 0.4) is 0 Å². The van der Waals surface area contributed by atoms with Gasteiger partial charge in [-0.2, -0.15) is 0 Å². The molecule has 21 heavy (non-hydrogen) atoms. The van der Waals surface area contributed by atoms with Crippen molar-refractivity contribution in [3.63, 3.8) is 0 Å². The largest absolute Gasteiger partial charge is 0.354 e. The summed E-state index contributed by atoms with van der Waals surface area (Å²) in [5, 5.41) is 3.71. The van der Waals surface area contributed by atoms with Crippen molar-refractivity contribution in [3.8, 4) is 0 Å². The molecular formula is C16H24ClN3O. The first-order valence-electron chi connectivity index (χ1n) is 7.54. The molecule has 1 saturated heterocycles. The summed E-state index contributed by atoms with van der Waals surface area (Å²) in [6.07, 6.45) is 2.24. The van der Waals surface area contributed by atoms with E-state index in [9.17, 15) is 4.79 Å². The summed E-state index contributed by atoms with van der Waals surface area (Å²) in [5.41, 5.74) is 6.84. The van der Waals surface area contributed by atoms with Crippen LogP contribution in [0.25, 0.3) is 0 Å². The zero-order valence-electron chi connectivity index (χ0n) is 12.5. The van der Waals surface area contributed by atoms with Crippen LogP contribution in [0.2, 0.25) is 5.02 Å². The second kappa shape index (κ2) is 7.78. The normalized spacial score (nSPS) is 18.4. The lowest BCUT2D eigenvalue weighted by atomic mass is 9.96. The van der Waals surface area contributed by atoms with Crippen molar-refractivity contribution in [2.24, 2.45) is 11.7 Å². The highest BCUT2D eigenvalue weighted by molar-refractivity contribution is 6.30. The van der Waals surface area contributed by atoms with Gasteiger partial charge in [-0.15, -0.1) is 0 Å². The Morgan fingerprint density at radius 3 is 2.57 bits per heavy atom. The first kappa shape index (κ1) is 16.3. The number of hydrogen-bond donors (Lipinski definition) is 2. The van der Waals surface area contributed by atoms with Crippen LogP contribution in [-0.4, -0.2) is 36.5 Å². The number of nitrogens with two attached hydrogens (primary N) is 1. The lowest BCUT2D eigenvalue weighted by Crippen LogP contribution is -2.43. The van der Waals surface area contributed by atoms with E-state index in [1.165, 1.54) is 5.56 Å². The standard InChI is InChI=1S/C16H24ClN3O/c1-12(18)16(21)19-10-13-6-8-20(9-7-13)11-14-2-4-15(17)5-3-14/h2-5,12-13H,6-11,18H2,1H3,(H,19,21). The Morgan fingerprint density at radius 1 is 1.38 bits per heavy atom. The van der Waals surface area contributed by atoms with Crippen molar-refractivity contribution in [2.75, 3.05) is 19.6 Å². The van der Waals surface area contributed by atoms with Crippen LogP contribution in [0.1, 0.15) is 25.3 Å². The van der Waals surface area contributed by atoms with Gasteiger partial charge in [0.15, 0.2) is 0 Å². The van der Waals surface area contributed by atoms with Gasteiger partial charge >= 0.3 is 0 Å². The van der Waals surface area contributed by atoms with Crippen LogP contribution in [0, 0.1) is 5.92 Å². The molecule has 1 aliphatic rings. The van der Waals surface area contributed by atoms with E-state index in [-0.39, 0.29) is 5.91 Å². The fourth-order valence-corrected chi connectivity index (χ4v) is 2.73. The van der Waals surface area contributed by atoms with Crippen LogP contribution in [0.4, 0.5) is 0 Å². The van der Waals surface area contributed by atoms with E-state index in [1.54, 1.807) is 6.92 Å². The van der Waals surface area contributed by atoms with Crippen molar-refractivity contribution in [3.05, 3.63) is 34.9 Å². The summed E-state index contributed by atoms with van der Waals surface area (Å²) in [5.74, 6) is 0.507. The maximum atomic E-state index is 11.5. The van der Waals surface area contributed by atoms with Crippen LogP contribution in [0.15, 0.2) is 24.3 Å². The van der Waals surface area contributed by atoms with Gasteiger partial charge in [-0.05, 0) is 56.5 Å². The summed E-state index contributed by atoms with van der Waals surface area (Å²) in [4.78, 5) is 13.9. The average molecular weight is 310 g/mol. The summed E-state index contributed by atoms with van der Waals surface area (Å²) in [6.45, 7) is 5.57. The monoisotopic (exact) mass is 309 g/mol. The van der Waals surface area contributed by atoms with Crippen LogP contribution in [-0.2, 0) is 11.3 Å². The SMILES string of the molecule is CC(N)C(=O)NCC1CCN(Cc2ccc(Cl)cc2)CC1. The Morgan fingerprint density at radius 2 is 2.00 bits per heavy atom. The number of nitrogens with zero attached hydrogens (tertiary/aromatic N) is 1. The van der Waals surface area contributed by atoms with E-state index in [1.807, 2.05) is 12.1 Å².